The summed E-state index contributed by atoms with van der Waals surface area (Å²) in [6, 6.07) is 17.2. The highest BCUT2D eigenvalue weighted by Crippen LogP contribution is 2.28. The van der Waals surface area contributed by atoms with Gasteiger partial charge in [0, 0.05) is 24.2 Å². The molecule has 0 unspecified atom stereocenters. The van der Waals surface area contributed by atoms with Crippen molar-refractivity contribution >= 4 is 40.8 Å². The Balaban J connectivity index is 1.92. The topological polar surface area (TPSA) is 130 Å². The first kappa shape index (κ1) is 24.4. The molecule has 0 saturated carbocycles. The van der Waals surface area contributed by atoms with Crippen LogP contribution >= 0.6 is 11.6 Å². The van der Waals surface area contributed by atoms with Crippen molar-refractivity contribution in [2.75, 3.05) is 5.32 Å². The van der Waals surface area contributed by atoms with Crippen LogP contribution in [-0.2, 0) is 11.3 Å². The molecule has 0 spiro atoms. The summed E-state index contributed by atoms with van der Waals surface area (Å²) in [4.78, 5) is 49.5. The second-order valence-electron chi connectivity index (χ2n) is 7.36. The van der Waals surface area contributed by atoms with E-state index in [1.165, 1.54) is 25.1 Å². The number of nitro benzene ring substituents is 1. The molecule has 1 atom stereocenters. The molecule has 2 N–H and O–H groups in total. The smallest absolute Gasteiger partial charge is 0.408 e. The minimum Gasteiger partial charge on any atom is -0.465 e. The van der Waals surface area contributed by atoms with Crippen molar-refractivity contribution in [1.82, 2.24) is 4.90 Å². The summed E-state index contributed by atoms with van der Waals surface area (Å²) in [5, 5.41) is 23.6. The summed E-state index contributed by atoms with van der Waals surface area (Å²) < 4.78 is 0. The number of amides is 2. The van der Waals surface area contributed by atoms with Crippen molar-refractivity contribution < 1.29 is 24.4 Å². The lowest BCUT2D eigenvalue weighted by molar-refractivity contribution is -0.384. The zero-order valence-electron chi connectivity index (χ0n) is 18.0. The molecular formula is C24H20ClN3O6. The largest absolute Gasteiger partial charge is 0.465 e. The lowest BCUT2D eigenvalue weighted by atomic mass is 10.0. The Morgan fingerprint density at radius 1 is 1.03 bits per heavy atom. The molecule has 0 fully saturated rings. The molecule has 0 saturated heterocycles. The normalized spacial score (nSPS) is 11.4. The molecule has 3 rings (SSSR count). The van der Waals surface area contributed by atoms with Crippen LogP contribution in [0.4, 0.5) is 16.2 Å². The summed E-state index contributed by atoms with van der Waals surface area (Å²) in [5.74, 6) is -1.34. The molecule has 0 aromatic heterocycles. The summed E-state index contributed by atoms with van der Waals surface area (Å²) in [7, 11) is 0. The molecule has 9 nitrogen and oxygen atoms in total. The molecular weight excluding hydrogens is 462 g/mol. The van der Waals surface area contributed by atoms with Gasteiger partial charge in [-0.3, -0.25) is 24.6 Å². The van der Waals surface area contributed by atoms with Crippen molar-refractivity contribution in [3.05, 3.63) is 105 Å². The van der Waals surface area contributed by atoms with Crippen LogP contribution in [0.3, 0.4) is 0 Å². The van der Waals surface area contributed by atoms with Gasteiger partial charge in [0.05, 0.1) is 21.2 Å². The van der Waals surface area contributed by atoms with E-state index in [-0.39, 0.29) is 34.1 Å². The summed E-state index contributed by atoms with van der Waals surface area (Å²) in [6.45, 7) is 1.38. The van der Waals surface area contributed by atoms with Crippen molar-refractivity contribution in [2.24, 2.45) is 0 Å². The maximum absolute atomic E-state index is 13.1. The second kappa shape index (κ2) is 10.6. The number of carbonyl (C=O) groups is 3. The molecule has 34 heavy (non-hydrogen) atoms. The first-order valence-corrected chi connectivity index (χ1v) is 10.5. The number of carbonyl (C=O) groups excluding carboxylic acids is 2. The minimum atomic E-state index is -1.30. The number of nitrogens with one attached hydrogen (secondary N) is 1. The van der Waals surface area contributed by atoms with E-state index in [9.17, 15) is 29.6 Å². The zero-order valence-corrected chi connectivity index (χ0v) is 18.7. The Morgan fingerprint density at radius 2 is 1.68 bits per heavy atom. The Hall–Kier alpha value is -4.24. The quantitative estimate of drug-likeness (QED) is 0.265. The molecule has 0 radical (unpaired) electrons. The number of hydrogen-bond donors (Lipinski definition) is 2. The third-order valence-electron chi connectivity index (χ3n) is 5.12. The number of ketones is 1. The van der Waals surface area contributed by atoms with Crippen molar-refractivity contribution in [3.8, 4) is 0 Å². The van der Waals surface area contributed by atoms with Gasteiger partial charge in [0.2, 0.25) is 5.91 Å². The van der Waals surface area contributed by atoms with Crippen LogP contribution < -0.4 is 5.32 Å². The fourth-order valence-electron chi connectivity index (χ4n) is 3.26. The van der Waals surface area contributed by atoms with E-state index in [1.807, 2.05) is 0 Å². The van der Waals surface area contributed by atoms with Crippen molar-refractivity contribution in [1.29, 1.82) is 0 Å². The van der Waals surface area contributed by atoms with Gasteiger partial charge in [-0.15, -0.1) is 0 Å². The molecule has 0 heterocycles. The number of rotatable bonds is 8. The Bertz CT molecular complexity index is 1250. The van der Waals surface area contributed by atoms with E-state index in [0.717, 1.165) is 17.0 Å². The highest BCUT2D eigenvalue weighted by molar-refractivity contribution is 6.35. The van der Waals surface area contributed by atoms with E-state index >= 15 is 0 Å². The van der Waals surface area contributed by atoms with Gasteiger partial charge < -0.3 is 10.4 Å². The Morgan fingerprint density at radius 3 is 2.29 bits per heavy atom. The van der Waals surface area contributed by atoms with Gasteiger partial charge in [-0.05, 0) is 30.7 Å². The van der Waals surface area contributed by atoms with E-state index in [0.29, 0.717) is 5.56 Å². The Labute approximate surface area is 199 Å². The van der Waals surface area contributed by atoms with Crippen LogP contribution in [0.15, 0.2) is 72.8 Å². The van der Waals surface area contributed by atoms with Gasteiger partial charge in [0.15, 0.2) is 5.78 Å². The molecule has 0 aliphatic rings. The molecule has 0 aliphatic carbocycles. The van der Waals surface area contributed by atoms with E-state index < -0.39 is 28.7 Å². The first-order chi connectivity index (χ1) is 16.2. The molecule has 174 valence electrons. The van der Waals surface area contributed by atoms with Crippen molar-refractivity contribution in [2.45, 2.75) is 19.5 Å². The van der Waals surface area contributed by atoms with Gasteiger partial charge in [-0.2, -0.15) is 0 Å². The number of carboxylic acid groups (broad SMARTS) is 1. The molecule has 3 aromatic rings. The summed E-state index contributed by atoms with van der Waals surface area (Å²) >= 11 is 6.12. The second-order valence-corrected chi connectivity index (χ2v) is 7.76. The van der Waals surface area contributed by atoms with Crippen molar-refractivity contribution in [3.63, 3.8) is 0 Å². The molecule has 10 heteroatoms. The van der Waals surface area contributed by atoms with Crippen LogP contribution in [0.1, 0.15) is 28.4 Å². The predicted octanol–water partition coefficient (Wildman–Crippen LogP) is 4.99. The average Bonchev–Trinajstić information content (AvgIpc) is 2.82. The standard InChI is InChI=1S/C24H20ClN3O6/c1-15(27(24(31)32)14-16-7-3-2-4-8-16)23(30)26-21-12-11-17(28(33)34)13-19(21)22(29)18-9-5-6-10-20(18)25/h2-13,15H,14H2,1H3,(H,26,30)(H,31,32)/t15-/m0/s1. The number of nitro groups is 1. The zero-order chi connectivity index (χ0) is 24.8. The lowest BCUT2D eigenvalue weighted by Gasteiger charge is -2.26. The van der Waals surface area contributed by atoms with E-state index in [4.69, 9.17) is 11.6 Å². The van der Waals surface area contributed by atoms with Crippen LogP contribution in [0.2, 0.25) is 5.02 Å². The van der Waals surface area contributed by atoms with Gasteiger partial charge in [-0.1, -0.05) is 54.1 Å². The van der Waals surface area contributed by atoms with Crippen LogP contribution in [0.5, 0.6) is 0 Å². The average molecular weight is 482 g/mol. The third-order valence-corrected chi connectivity index (χ3v) is 5.45. The highest BCUT2D eigenvalue weighted by Gasteiger charge is 2.28. The maximum Gasteiger partial charge on any atom is 0.408 e. The molecule has 0 bridgehead atoms. The summed E-state index contributed by atoms with van der Waals surface area (Å²) in [6.07, 6.45) is -1.30. The molecule has 0 aliphatic heterocycles. The number of anilines is 1. The minimum absolute atomic E-state index is 0.00239. The SMILES string of the molecule is C[C@@H](C(=O)Nc1ccc([N+](=O)[O-])cc1C(=O)c1ccccc1Cl)N(Cc1ccccc1)C(=O)O. The van der Waals surface area contributed by atoms with Gasteiger partial charge in [-0.25, -0.2) is 4.79 Å². The number of nitrogens with zero attached hydrogens (tertiary/aromatic N) is 2. The van der Waals surface area contributed by atoms with Crippen LogP contribution in [0, 0.1) is 10.1 Å². The predicted molar refractivity (Wildman–Crippen MR) is 126 cm³/mol. The first-order valence-electron chi connectivity index (χ1n) is 10.1. The summed E-state index contributed by atoms with van der Waals surface area (Å²) in [5.41, 5.74) is 0.293. The van der Waals surface area contributed by atoms with Crippen LogP contribution in [-0.4, -0.2) is 38.8 Å². The third kappa shape index (κ3) is 5.57. The highest BCUT2D eigenvalue weighted by atomic mass is 35.5. The monoisotopic (exact) mass is 481 g/mol. The number of halogens is 1. The van der Waals surface area contributed by atoms with Gasteiger partial charge in [0.1, 0.15) is 6.04 Å². The lowest BCUT2D eigenvalue weighted by Crippen LogP contribution is -2.44. The molecule has 3 aromatic carbocycles. The van der Waals surface area contributed by atoms with Gasteiger partial charge in [0.25, 0.3) is 5.69 Å². The van der Waals surface area contributed by atoms with E-state index in [2.05, 4.69) is 5.32 Å². The fraction of sp³-hybridized carbons (Fsp3) is 0.125. The Kier molecular flexibility index (Phi) is 7.60. The molecule has 2 amide bonds. The number of hydrogen-bond acceptors (Lipinski definition) is 5. The van der Waals surface area contributed by atoms with E-state index in [1.54, 1.807) is 42.5 Å². The number of benzene rings is 3. The van der Waals surface area contributed by atoms with Gasteiger partial charge >= 0.3 is 6.09 Å². The maximum atomic E-state index is 13.1. The number of non-ortho nitro benzene ring substituents is 1. The fourth-order valence-corrected chi connectivity index (χ4v) is 3.48. The van der Waals surface area contributed by atoms with Crippen LogP contribution in [0.25, 0.3) is 0 Å².